The Labute approximate surface area is 179 Å². The van der Waals surface area contributed by atoms with Gasteiger partial charge in [0, 0.05) is 32.0 Å². The summed E-state index contributed by atoms with van der Waals surface area (Å²) in [5.74, 6) is 0.714. The van der Waals surface area contributed by atoms with Crippen molar-refractivity contribution in [3.8, 4) is 5.75 Å². The number of carbonyl (C=O) groups excluding carboxylic acids is 1. The van der Waals surface area contributed by atoms with Crippen LogP contribution in [-0.2, 0) is 14.8 Å². The van der Waals surface area contributed by atoms with E-state index in [9.17, 15) is 13.2 Å². The zero-order valence-corrected chi connectivity index (χ0v) is 18.8. The van der Waals surface area contributed by atoms with E-state index in [1.165, 1.54) is 4.31 Å². The maximum Gasteiger partial charge on any atom is 0.242 e. The van der Waals surface area contributed by atoms with Crippen LogP contribution >= 0.6 is 0 Å². The van der Waals surface area contributed by atoms with Gasteiger partial charge in [-0.1, -0.05) is 35.9 Å². The molecule has 2 aromatic carbocycles. The van der Waals surface area contributed by atoms with Gasteiger partial charge in [-0.3, -0.25) is 4.79 Å². The van der Waals surface area contributed by atoms with Crippen molar-refractivity contribution in [1.29, 1.82) is 0 Å². The van der Waals surface area contributed by atoms with E-state index < -0.39 is 10.0 Å². The molecule has 1 N–H and O–H groups in total. The van der Waals surface area contributed by atoms with Crippen LogP contribution in [-0.4, -0.2) is 37.8 Å². The third-order valence-electron chi connectivity index (χ3n) is 5.29. The Bertz CT molecular complexity index is 1000. The molecule has 1 aliphatic rings. The average molecular weight is 431 g/mol. The highest BCUT2D eigenvalue weighted by Gasteiger charge is 2.34. The van der Waals surface area contributed by atoms with Crippen molar-refractivity contribution in [3.05, 3.63) is 59.7 Å². The fraction of sp³-hybridized carbons (Fsp3) is 0.435. The molecule has 0 fully saturated rings. The summed E-state index contributed by atoms with van der Waals surface area (Å²) in [6.07, 6.45) is 1.38. The molecule has 30 heavy (non-hydrogen) atoms. The molecule has 7 heteroatoms. The highest BCUT2D eigenvalue weighted by Crippen LogP contribution is 2.39. The fourth-order valence-electron chi connectivity index (χ4n) is 3.72. The molecule has 162 valence electrons. The van der Waals surface area contributed by atoms with E-state index in [-0.39, 0.29) is 35.4 Å². The Kier molecular flexibility index (Phi) is 6.53. The maximum absolute atomic E-state index is 12.6. The minimum absolute atomic E-state index is 0.0873. The van der Waals surface area contributed by atoms with Crippen molar-refractivity contribution in [2.75, 3.05) is 13.6 Å². The number of sulfonamides is 1. The van der Waals surface area contributed by atoms with Crippen LogP contribution in [0.4, 0.5) is 0 Å². The van der Waals surface area contributed by atoms with E-state index in [0.717, 1.165) is 16.9 Å². The summed E-state index contributed by atoms with van der Waals surface area (Å²) in [7, 11) is -2.00. The van der Waals surface area contributed by atoms with Crippen LogP contribution in [0.5, 0.6) is 5.75 Å². The smallest absolute Gasteiger partial charge is 0.242 e. The van der Waals surface area contributed by atoms with Crippen LogP contribution in [0.1, 0.15) is 50.3 Å². The molecule has 1 amide bonds. The van der Waals surface area contributed by atoms with Gasteiger partial charge in [0.2, 0.25) is 15.9 Å². The van der Waals surface area contributed by atoms with Crippen molar-refractivity contribution in [2.24, 2.45) is 0 Å². The molecule has 0 radical (unpaired) electrons. The molecule has 1 atom stereocenters. The van der Waals surface area contributed by atoms with Crippen LogP contribution in [0.25, 0.3) is 0 Å². The SMILES string of the molecule is Cc1ccc2c(c1)[C@@H](NC(=O)CCCN(C)S(=O)(=O)c1ccccc1)CC(C)(C)O2. The fourth-order valence-corrected chi connectivity index (χ4v) is 4.95. The van der Waals surface area contributed by atoms with E-state index in [0.29, 0.717) is 12.8 Å². The summed E-state index contributed by atoms with van der Waals surface area (Å²) in [6.45, 7) is 6.32. The second-order valence-electron chi connectivity index (χ2n) is 8.47. The summed E-state index contributed by atoms with van der Waals surface area (Å²) in [6, 6.07) is 14.2. The molecular formula is C23H30N2O4S. The second-order valence-corrected chi connectivity index (χ2v) is 10.5. The maximum atomic E-state index is 12.6. The first-order valence-corrected chi connectivity index (χ1v) is 11.6. The lowest BCUT2D eigenvalue weighted by atomic mass is 9.89. The largest absolute Gasteiger partial charge is 0.487 e. The van der Waals surface area contributed by atoms with E-state index in [1.54, 1.807) is 37.4 Å². The summed E-state index contributed by atoms with van der Waals surface area (Å²) in [5, 5.41) is 3.12. The first-order chi connectivity index (χ1) is 14.1. The number of hydrogen-bond donors (Lipinski definition) is 1. The number of aryl methyl sites for hydroxylation is 1. The summed E-state index contributed by atoms with van der Waals surface area (Å²) in [4.78, 5) is 12.9. The number of ether oxygens (including phenoxy) is 1. The minimum atomic E-state index is -3.54. The van der Waals surface area contributed by atoms with Gasteiger partial charge in [0.05, 0.1) is 10.9 Å². The number of nitrogens with one attached hydrogen (secondary N) is 1. The van der Waals surface area contributed by atoms with Crippen molar-refractivity contribution >= 4 is 15.9 Å². The highest BCUT2D eigenvalue weighted by molar-refractivity contribution is 7.89. The van der Waals surface area contributed by atoms with Crippen molar-refractivity contribution in [3.63, 3.8) is 0 Å². The highest BCUT2D eigenvalue weighted by atomic mass is 32.2. The van der Waals surface area contributed by atoms with Gasteiger partial charge in [-0.2, -0.15) is 0 Å². The Hall–Kier alpha value is -2.38. The molecule has 1 heterocycles. The monoisotopic (exact) mass is 430 g/mol. The van der Waals surface area contributed by atoms with E-state index in [1.807, 2.05) is 32.9 Å². The third-order valence-corrected chi connectivity index (χ3v) is 7.16. The topological polar surface area (TPSA) is 75.7 Å². The van der Waals surface area contributed by atoms with Crippen LogP contribution in [0, 0.1) is 6.92 Å². The zero-order valence-electron chi connectivity index (χ0n) is 18.0. The van der Waals surface area contributed by atoms with Gasteiger partial charge >= 0.3 is 0 Å². The molecule has 3 rings (SSSR count). The minimum Gasteiger partial charge on any atom is -0.487 e. The Morgan fingerprint density at radius 3 is 2.60 bits per heavy atom. The van der Waals surface area contributed by atoms with E-state index in [2.05, 4.69) is 11.4 Å². The predicted molar refractivity (Wildman–Crippen MR) is 117 cm³/mol. The lowest BCUT2D eigenvalue weighted by molar-refractivity contribution is -0.122. The normalized spacial score (nSPS) is 17.8. The second kappa shape index (κ2) is 8.78. The zero-order chi connectivity index (χ0) is 21.9. The molecule has 6 nitrogen and oxygen atoms in total. The molecule has 0 aromatic heterocycles. The lowest BCUT2D eigenvalue weighted by Gasteiger charge is -2.38. The molecule has 2 aromatic rings. The van der Waals surface area contributed by atoms with Crippen molar-refractivity contribution in [2.45, 2.75) is 56.6 Å². The van der Waals surface area contributed by atoms with Gasteiger partial charge in [0.1, 0.15) is 11.4 Å². The van der Waals surface area contributed by atoms with Crippen LogP contribution in [0.2, 0.25) is 0 Å². The van der Waals surface area contributed by atoms with Crippen LogP contribution in [0.15, 0.2) is 53.4 Å². The first kappa shape index (κ1) is 22.3. The quantitative estimate of drug-likeness (QED) is 0.725. The van der Waals surface area contributed by atoms with E-state index >= 15 is 0 Å². The van der Waals surface area contributed by atoms with Crippen molar-refractivity contribution < 1.29 is 17.9 Å². The first-order valence-electron chi connectivity index (χ1n) is 10.2. The Morgan fingerprint density at radius 2 is 1.90 bits per heavy atom. The Balaban J connectivity index is 1.58. The van der Waals surface area contributed by atoms with Gasteiger partial charge in [0.15, 0.2) is 0 Å². The van der Waals surface area contributed by atoms with Gasteiger partial charge in [-0.15, -0.1) is 0 Å². The van der Waals surface area contributed by atoms with Gasteiger partial charge < -0.3 is 10.1 Å². The van der Waals surface area contributed by atoms with E-state index in [4.69, 9.17) is 4.74 Å². The van der Waals surface area contributed by atoms with Gasteiger partial charge in [0.25, 0.3) is 0 Å². The molecule has 0 unspecified atom stereocenters. The average Bonchev–Trinajstić information content (AvgIpc) is 2.68. The van der Waals surface area contributed by atoms with Crippen LogP contribution in [0.3, 0.4) is 0 Å². The number of amides is 1. The Morgan fingerprint density at radius 1 is 1.20 bits per heavy atom. The molecule has 0 bridgehead atoms. The molecule has 0 saturated carbocycles. The number of hydrogen-bond acceptors (Lipinski definition) is 4. The standard InChI is InChI=1S/C23H30N2O4S/c1-17-12-13-21-19(15-17)20(16-23(2,3)29-21)24-22(26)11-8-14-25(4)30(27,28)18-9-6-5-7-10-18/h5-7,9-10,12-13,15,20H,8,11,14,16H2,1-4H3,(H,24,26)/t20-/m0/s1. The molecular weight excluding hydrogens is 400 g/mol. The summed E-state index contributed by atoms with van der Waals surface area (Å²) in [5.41, 5.74) is 1.74. The molecule has 0 aliphatic carbocycles. The molecule has 1 aliphatic heterocycles. The summed E-state index contributed by atoms with van der Waals surface area (Å²) >= 11 is 0. The van der Waals surface area contributed by atoms with Crippen molar-refractivity contribution in [1.82, 2.24) is 9.62 Å². The van der Waals surface area contributed by atoms with Gasteiger partial charge in [-0.25, -0.2) is 12.7 Å². The number of carbonyl (C=O) groups is 1. The van der Waals surface area contributed by atoms with Crippen LogP contribution < -0.4 is 10.1 Å². The predicted octanol–water partition coefficient (Wildman–Crippen LogP) is 3.81. The number of fused-ring (bicyclic) bond motifs is 1. The summed E-state index contributed by atoms with van der Waals surface area (Å²) < 4.78 is 32.5. The molecule has 0 spiro atoms. The number of rotatable bonds is 7. The molecule has 0 saturated heterocycles. The number of nitrogens with zero attached hydrogens (tertiary/aromatic N) is 1. The van der Waals surface area contributed by atoms with Gasteiger partial charge in [-0.05, 0) is 45.4 Å². The number of benzene rings is 2. The third kappa shape index (κ3) is 5.21. The lowest BCUT2D eigenvalue weighted by Crippen LogP contribution is -2.41.